The first-order valence-electron chi connectivity index (χ1n) is 10.9. The highest BCUT2D eigenvalue weighted by Crippen LogP contribution is 2.30. The van der Waals surface area contributed by atoms with Crippen molar-refractivity contribution in [2.75, 3.05) is 44.7 Å². The molecule has 2 fully saturated rings. The monoisotopic (exact) mass is 420 g/mol. The van der Waals surface area contributed by atoms with Crippen LogP contribution in [0.15, 0.2) is 35.3 Å². The highest BCUT2D eigenvalue weighted by Gasteiger charge is 2.46. The van der Waals surface area contributed by atoms with E-state index in [1.165, 1.54) is 11.1 Å². The second kappa shape index (κ2) is 7.92. The number of fused-ring (bicyclic) bond motifs is 1. The maximum atomic E-state index is 13.5. The Morgan fingerprint density at radius 3 is 2.77 bits per heavy atom. The van der Waals surface area contributed by atoms with E-state index in [1.54, 1.807) is 7.11 Å². The molecule has 3 aliphatic heterocycles. The number of benzene rings is 1. The Morgan fingerprint density at radius 1 is 1.16 bits per heavy atom. The standard InChI is InChI=1S/C23H28N6O2/c1-16-13-20(31-2)27-22(26-16)28-10-7-23(8-11-28)21(30)29(12-9-25-23)15-19-18-6-4-3-5-17(18)14-24-19/h3-6,13,25H,7-12,14-15H2,1-2H3. The number of rotatable bonds is 4. The Morgan fingerprint density at radius 2 is 1.97 bits per heavy atom. The number of amides is 1. The van der Waals surface area contributed by atoms with Crippen molar-refractivity contribution >= 4 is 17.6 Å². The van der Waals surface area contributed by atoms with Crippen LogP contribution in [0.4, 0.5) is 5.95 Å². The van der Waals surface area contributed by atoms with Gasteiger partial charge >= 0.3 is 0 Å². The van der Waals surface area contributed by atoms with Crippen molar-refractivity contribution in [3.05, 3.63) is 47.2 Å². The number of hydrogen-bond acceptors (Lipinski definition) is 7. The zero-order valence-electron chi connectivity index (χ0n) is 18.1. The molecule has 1 amide bonds. The van der Waals surface area contributed by atoms with E-state index in [-0.39, 0.29) is 5.91 Å². The molecule has 0 radical (unpaired) electrons. The van der Waals surface area contributed by atoms with Gasteiger partial charge in [-0.1, -0.05) is 24.3 Å². The minimum absolute atomic E-state index is 0.188. The Balaban J connectivity index is 1.28. The third-order valence-electron chi connectivity index (χ3n) is 6.58. The molecule has 1 aromatic carbocycles. The fourth-order valence-electron chi connectivity index (χ4n) is 4.83. The Hall–Kier alpha value is -3.00. The number of aromatic nitrogens is 2. The largest absolute Gasteiger partial charge is 0.481 e. The van der Waals surface area contributed by atoms with Crippen LogP contribution in [0.3, 0.4) is 0 Å². The minimum Gasteiger partial charge on any atom is -0.481 e. The number of anilines is 1. The van der Waals surface area contributed by atoms with Crippen LogP contribution < -0.4 is 15.0 Å². The second-order valence-corrected chi connectivity index (χ2v) is 8.49. The predicted molar refractivity (Wildman–Crippen MR) is 119 cm³/mol. The lowest BCUT2D eigenvalue weighted by Crippen LogP contribution is -2.68. The minimum atomic E-state index is -0.513. The number of carbonyl (C=O) groups is 1. The quantitative estimate of drug-likeness (QED) is 0.809. The van der Waals surface area contributed by atoms with Gasteiger partial charge in [0.2, 0.25) is 17.7 Å². The average Bonchev–Trinajstić information content (AvgIpc) is 3.20. The molecule has 2 aromatic rings. The molecular formula is C23H28N6O2. The molecule has 5 rings (SSSR count). The van der Waals surface area contributed by atoms with Gasteiger partial charge < -0.3 is 19.9 Å². The molecule has 0 aliphatic carbocycles. The molecule has 1 spiro atoms. The van der Waals surface area contributed by atoms with Crippen molar-refractivity contribution in [1.82, 2.24) is 20.2 Å². The van der Waals surface area contributed by atoms with Crippen molar-refractivity contribution < 1.29 is 9.53 Å². The number of methoxy groups -OCH3 is 1. The van der Waals surface area contributed by atoms with E-state index in [9.17, 15) is 4.79 Å². The molecule has 4 heterocycles. The predicted octanol–water partition coefficient (Wildman–Crippen LogP) is 1.57. The molecule has 0 unspecified atom stereocenters. The van der Waals surface area contributed by atoms with Crippen LogP contribution in [0.25, 0.3) is 0 Å². The van der Waals surface area contributed by atoms with E-state index in [0.29, 0.717) is 31.5 Å². The lowest BCUT2D eigenvalue weighted by Gasteiger charge is -2.47. The number of aryl methyl sites for hydroxylation is 1. The van der Waals surface area contributed by atoms with Gasteiger partial charge in [0, 0.05) is 43.5 Å². The Kier molecular flexibility index (Phi) is 5.09. The lowest BCUT2D eigenvalue weighted by atomic mass is 9.84. The Bertz CT molecular complexity index is 1030. The van der Waals surface area contributed by atoms with Crippen LogP contribution in [0, 0.1) is 6.92 Å². The van der Waals surface area contributed by atoms with Crippen LogP contribution in [-0.2, 0) is 11.3 Å². The van der Waals surface area contributed by atoms with E-state index in [4.69, 9.17) is 9.73 Å². The zero-order chi connectivity index (χ0) is 21.4. The van der Waals surface area contributed by atoms with Gasteiger partial charge in [0.25, 0.3) is 0 Å². The molecule has 2 saturated heterocycles. The molecule has 3 aliphatic rings. The molecule has 1 aromatic heterocycles. The molecule has 0 atom stereocenters. The topological polar surface area (TPSA) is 83.0 Å². The van der Waals surface area contributed by atoms with Crippen molar-refractivity contribution in [3.8, 4) is 5.88 Å². The van der Waals surface area contributed by atoms with E-state index in [2.05, 4.69) is 32.3 Å². The maximum absolute atomic E-state index is 13.5. The number of piperidine rings is 1. The van der Waals surface area contributed by atoms with Crippen LogP contribution in [0.2, 0.25) is 0 Å². The van der Waals surface area contributed by atoms with Gasteiger partial charge in [0.05, 0.1) is 25.9 Å². The van der Waals surface area contributed by atoms with Crippen molar-refractivity contribution in [1.29, 1.82) is 0 Å². The summed E-state index contributed by atoms with van der Waals surface area (Å²) in [5.74, 6) is 1.43. The van der Waals surface area contributed by atoms with Gasteiger partial charge in [-0.05, 0) is 25.3 Å². The highest BCUT2D eigenvalue weighted by molar-refractivity contribution is 6.06. The van der Waals surface area contributed by atoms with Gasteiger partial charge in [-0.2, -0.15) is 4.98 Å². The number of nitrogens with one attached hydrogen (secondary N) is 1. The molecule has 0 saturated carbocycles. The van der Waals surface area contributed by atoms with Gasteiger partial charge in [0.15, 0.2) is 0 Å². The average molecular weight is 421 g/mol. The number of carbonyl (C=O) groups excluding carboxylic acids is 1. The van der Waals surface area contributed by atoms with E-state index >= 15 is 0 Å². The highest BCUT2D eigenvalue weighted by atomic mass is 16.5. The van der Waals surface area contributed by atoms with Crippen molar-refractivity contribution in [2.24, 2.45) is 4.99 Å². The van der Waals surface area contributed by atoms with E-state index in [1.807, 2.05) is 30.0 Å². The zero-order valence-corrected chi connectivity index (χ0v) is 18.1. The Labute approximate surface area is 182 Å². The van der Waals surface area contributed by atoms with Crippen LogP contribution in [0.1, 0.15) is 29.7 Å². The summed E-state index contributed by atoms with van der Waals surface area (Å²) in [6, 6.07) is 10.1. The lowest BCUT2D eigenvalue weighted by molar-refractivity contribution is -0.141. The molecule has 162 valence electrons. The summed E-state index contributed by atoms with van der Waals surface area (Å²) < 4.78 is 5.29. The summed E-state index contributed by atoms with van der Waals surface area (Å²) in [6.07, 6.45) is 1.45. The first-order chi connectivity index (χ1) is 15.1. The normalized spacial score (nSPS) is 20.1. The fraction of sp³-hybridized carbons (Fsp3) is 0.478. The van der Waals surface area contributed by atoms with Crippen LogP contribution >= 0.6 is 0 Å². The summed E-state index contributed by atoms with van der Waals surface area (Å²) in [7, 11) is 1.61. The van der Waals surface area contributed by atoms with Crippen molar-refractivity contribution in [3.63, 3.8) is 0 Å². The third-order valence-corrected chi connectivity index (χ3v) is 6.58. The number of hydrogen-bond donors (Lipinski definition) is 1. The molecule has 31 heavy (non-hydrogen) atoms. The summed E-state index contributed by atoms with van der Waals surface area (Å²) in [5, 5.41) is 3.54. The number of piperazine rings is 1. The van der Waals surface area contributed by atoms with E-state index in [0.717, 1.165) is 43.9 Å². The van der Waals surface area contributed by atoms with Crippen LogP contribution in [0.5, 0.6) is 5.88 Å². The van der Waals surface area contributed by atoms with E-state index < -0.39 is 5.54 Å². The third kappa shape index (κ3) is 3.65. The van der Waals surface area contributed by atoms with Crippen LogP contribution in [-0.4, -0.2) is 71.9 Å². The van der Waals surface area contributed by atoms with Gasteiger partial charge in [-0.3, -0.25) is 9.79 Å². The number of aliphatic imine (C=N–C) groups is 1. The molecule has 1 N–H and O–H groups in total. The summed E-state index contributed by atoms with van der Waals surface area (Å²) in [6.45, 7) is 6.20. The molecule has 0 bridgehead atoms. The maximum Gasteiger partial charge on any atom is 0.243 e. The number of nitrogens with zero attached hydrogens (tertiary/aromatic N) is 5. The second-order valence-electron chi connectivity index (χ2n) is 8.49. The fourth-order valence-corrected chi connectivity index (χ4v) is 4.83. The first-order valence-corrected chi connectivity index (χ1v) is 10.9. The molecular weight excluding hydrogens is 392 g/mol. The summed E-state index contributed by atoms with van der Waals surface area (Å²) in [5.41, 5.74) is 3.82. The summed E-state index contributed by atoms with van der Waals surface area (Å²) in [4.78, 5) is 31.4. The molecule has 8 nitrogen and oxygen atoms in total. The van der Waals surface area contributed by atoms with Crippen molar-refractivity contribution in [2.45, 2.75) is 31.8 Å². The van der Waals surface area contributed by atoms with Gasteiger partial charge in [-0.15, -0.1) is 0 Å². The molecule has 8 heteroatoms. The SMILES string of the molecule is COc1cc(C)nc(N2CCC3(CC2)NCCN(CC2=NCc4ccccc42)C3=O)n1. The first kappa shape index (κ1) is 19.9. The smallest absolute Gasteiger partial charge is 0.243 e. The van der Waals surface area contributed by atoms with Gasteiger partial charge in [-0.25, -0.2) is 4.98 Å². The number of ether oxygens (including phenoxy) is 1. The summed E-state index contributed by atoms with van der Waals surface area (Å²) >= 11 is 0. The van der Waals surface area contributed by atoms with Gasteiger partial charge in [0.1, 0.15) is 5.54 Å².